The summed E-state index contributed by atoms with van der Waals surface area (Å²) in [5.74, 6) is 0.602. The van der Waals surface area contributed by atoms with Crippen LogP contribution in [0.25, 0.3) is 22.4 Å². The summed E-state index contributed by atoms with van der Waals surface area (Å²) >= 11 is 0. The van der Waals surface area contributed by atoms with E-state index in [9.17, 15) is 4.79 Å². The summed E-state index contributed by atoms with van der Waals surface area (Å²) in [6, 6.07) is 8.12. The molecule has 0 aliphatic carbocycles. The molecule has 1 aromatic carbocycles. The van der Waals surface area contributed by atoms with Gasteiger partial charge >= 0.3 is 0 Å². The molecule has 2 N–H and O–H groups in total. The lowest BCUT2D eigenvalue weighted by atomic mass is 10.2. The largest absolute Gasteiger partial charge is 0.494 e. The third-order valence-corrected chi connectivity index (χ3v) is 6.47. The lowest BCUT2D eigenvalue weighted by Gasteiger charge is -2.26. The first-order chi connectivity index (χ1) is 19.6. The minimum Gasteiger partial charge on any atom is -0.494 e. The summed E-state index contributed by atoms with van der Waals surface area (Å²) in [6.45, 7) is 9.28. The Bertz CT molecular complexity index is 1550. The van der Waals surface area contributed by atoms with Crippen molar-refractivity contribution < 1.29 is 14.3 Å². The van der Waals surface area contributed by atoms with Gasteiger partial charge in [0.1, 0.15) is 5.75 Å². The summed E-state index contributed by atoms with van der Waals surface area (Å²) in [5, 5.41) is 6.16. The number of amides is 1. The van der Waals surface area contributed by atoms with Crippen molar-refractivity contribution in [1.29, 1.82) is 0 Å². The molecule has 0 saturated carbocycles. The lowest BCUT2D eigenvalue weighted by molar-refractivity contribution is -0.111. The maximum atomic E-state index is 12.3. The highest BCUT2D eigenvalue weighted by atomic mass is 16.5. The number of anilines is 4. The van der Waals surface area contributed by atoms with Gasteiger partial charge in [0.25, 0.3) is 6.01 Å². The van der Waals surface area contributed by atoms with Gasteiger partial charge in [0.05, 0.1) is 42.5 Å². The highest BCUT2D eigenvalue weighted by Crippen LogP contribution is 2.38. The van der Waals surface area contributed by atoms with Crippen LogP contribution in [-0.2, 0) is 4.79 Å². The van der Waals surface area contributed by atoms with Gasteiger partial charge in [-0.25, -0.2) is 15.0 Å². The van der Waals surface area contributed by atoms with Gasteiger partial charge in [0, 0.05) is 50.2 Å². The number of aromatic nitrogens is 5. The number of nitrogens with zero attached hydrogens (tertiary/aromatic N) is 7. The summed E-state index contributed by atoms with van der Waals surface area (Å²) in [5.41, 5.74) is 4.91. The van der Waals surface area contributed by atoms with E-state index in [4.69, 9.17) is 14.5 Å². The molecule has 41 heavy (non-hydrogen) atoms. The van der Waals surface area contributed by atoms with Gasteiger partial charge in [0.2, 0.25) is 11.9 Å². The molecular formula is C29H37N9O3. The maximum Gasteiger partial charge on any atom is 0.298 e. The molecule has 0 fully saturated rings. The third kappa shape index (κ3) is 6.55. The van der Waals surface area contributed by atoms with Crippen LogP contribution < -0.4 is 25.0 Å². The highest BCUT2D eigenvalue weighted by Gasteiger charge is 2.18. The number of hydrogen-bond donors (Lipinski definition) is 2. The van der Waals surface area contributed by atoms with E-state index in [1.165, 1.54) is 6.08 Å². The van der Waals surface area contributed by atoms with Gasteiger partial charge < -0.3 is 29.9 Å². The second kappa shape index (κ2) is 12.6. The number of imidazole rings is 1. The SMILES string of the molecule is C=CC(=O)Nc1cc(Nc2nccc(-c3cnc4nc(OC)n(C(C)C)c4c3)n2)c(OC)cc1N(C)CCN(C)C. The van der Waals surface area contributed by atoms with E-state index in [0.29, 0.717) is 40.4 Å². The normalized spacial score (nSPS) is 11.1. The molecule has 3 heterocycles. The predicted molar refractivity (Wildman–Crippen MR) is 162 cm³/mol. The molecule has 0 atom stereocenters. The van der Waals surface area contributed by atoms with Gasteiger partial charge in [-0.05, 0) is 52.2 Å². The van der Waals surface area contributed by atoms with Crippen molar-refractivity contribution in [3.63, 3.8) is 0 Å². The number of carbonyl (C=O) groups is 1. The molecule has 1 amide bonds. The van der Waals surface area contributed by atoms with E-state index in [2.05, 4.69) is 55.8 Å². The number of methoxy groups -OCH3 is 2. The van der Waals surface area contributed by atoms with Gasteiger partial charge in [-0.3, -0.25) is 9.36 Å². The number of nitrogens with one attached hydrogen (secondary N) is 2. The highest BCUT2D eigenvalue weighted by molar-refractivity contribution is 6.02. The van der Waals surface area contributed by atoms with Crippen molar-refractivity contribution in [2.24, 2.45) is 0 Å². The molecule has 4 rings (SSSR count). The number of rotatable bonds is 12. The number of likely N-dealkylation sites (N-methyl/N-ethyl adjacent to an activating group) is 2. The molecule has 12 heteroatoms. The molecule has 216 valence electrons. The smallest absolute Gasteiger partial charge is 0.298 e. The van der Waals surface area contributed by atoms with Gasteiger partial charge in [0.15, 0.2) is 5.65 Å². The average Bonchev–Trinajstić information content (AvgIpc) is 3.34. The number of hydrogen-bond acceptors (Lipinski definition) is 10. The quantitative estimate of drug-likeness (QED) is 0.242. The molecule has 0 spiro atoms. The van der Waals surface area contributed by atoms with E-state index in [1.54, 1.807) is 32.7 Å². The van der Waals surface area contributed by atoms with Crippen LogP contribution in [0.15, 0.2) is 49.3 Å². The first kappa shape index (κ1) is 29.3. The van der Waals surface area contributed by atoms with Crippen LogP contribution >= 0.6 is 0 Å². The lowest BCUT2D eigenvalue weighted by Crippen LogP contribution is -2.29. The van der Waals surface area contributed by atoms with E-state index in [0.717, 1.165) is 29.9 Å². The van der Waals surface area contributed by atoms with E-state index in [-0.39, 0.29) is 11.9 Å². The summed E-state index contributed by atoms with van der Waals surface area (Å²) in [4.78, 5) is 34.6. The maximum absolute atomic E-state index is 12.3. The zero-order chi connectivity index (χ0) is 29.7. The van der Waals surface area contributed by atoms with Crippen LogP contribution in [0.3, 0.4) is 0 Å². The average molecular weight is 560 g/mol. The van der Waals surface area contributed by atoms with Crippen molar-refractivity contribution in [2.45, 2.75) is 19.9 Å². The number of ether oxygens (including phenoxy) is 2. The molecule has 0 radical (unpaired) electrons. The Morgan fingerprint density at radius 3 is 2.51 bits per heavy atom. The molecule has 0 aliphatic rings. The van der Waals surface area contributed by atoms with E-state index in [1.807, 2.05) is 43.9 Å². The summed E-state index contributed by atoms with van der Waals surface area (Å²) in [7, 11) is 9.18. The van der Waals surface area contributed by atoms with Crippen LogP contribution in [0.4, 0.5) is 23.0 Å². The Balaban J connectivity index is 1.70. The minimum absolute atomic E-state index is 0.128. The van der Waals surface area contributed by atoms with Crippen LogP contribution in [0, 0.1) is 0 Å². The van der Waals surface area contributed by atoms with Crippen molar-refractivity contribution in [3.8, 4) is 23.0 Å². The monoisotopic (exact) mass is 559 g/mol. The fourth-order valence-corrected chi connectivity index (χ4v) is 4.35. The van der Waals surface area contributed by atoms with E-state index >= 15 is 0 Å². The number of carbonyl (C=O) groups excluding carboxylic acids is 1. The first-order valence-corrected chi connectivity index (χ1v) is 13.2. The molecule has 4 aromatic rings. The molecule has 12 nitrogen and oxygen atoms in total. The van der Waals surface area contributed by atoms with Crippen molar-refractivity contribution in [3.05, 3.63) is 49.3 Å². The van der Waals surface area contributed by atoms with Crippen LogP contribution in [-0.4, -0.2) is 83.8 Å². The third-order valence-electron chi connectivity index (χ3n) is 6.47. The molecule has 3 aromatic heterocycles. The van der Waals surface area contributed by atoms with Crippen LogP contribution in [0.2, 0.25) is 0 Å². The first-order valence-electron chi connectivity index (χ1n) is 13.2. The Morgan fingerprint density at radius 1 is 1.07 bits per heavy atom. The zero-order valence-electron chi connectivity index (χ0n) is 24.6. The Labute approximate surface area is 240 Å². The van der Waals surface area contributed by atoms with Gasteiger partial charge in [-0.1, -0.05) is 6.58 Å². The second-order valence-corrected chi connectivity index (χ2v) is 10.0. The van der Waals surface area contributed by atoms with Gasteiger partial charge in [-0.15, -0.1) is 0 Å². The second-order valence-electron chi connectivity index (χ2n) is 10.0. The molecule has 0 saturated heterocycles. The number of pyridine rings is 1. The van der Waals surface area contributed by atoms with Crippen molar-refractivity contribution in [2.75, 3.05) is 64.0 Å². The van der Waals surface area contributed by atoms with Crippen molar-refractivity contribution in [1.82, 2.24) is 29.4 Å². The Hall–Kier alpha value is -4.71. The van der Waals surface area contributed by atoms with E-state index < -0.39 is 0 Å². The zero-order valence-corrected chi connectivity index (χ0v) is 24.6. The van der Waals surface area contributed by atoms with Crippen molar-refractivity contribution >= 4 is 40.1 Å². The molecule has 0 unspecified atom stereocenters. The number of fused-ring (bicyclic) bond motifs is 1. The number of benzene rings is 1. The molecular weight excluding hydrogens is 522 g/mol. The fraction of sp³-hybridized carbons (Fsp3) is 0.345. The van der Waals surface area contributed by atoms with Crippen LogP contribution in [0.5, 0.6) is 11.8 Å². The molecule has 0 aliphatic heterocycles. The summed E-state index contributed by atoms with van der Waals surface area (Å²) in [6.07, 6.45) is 4.64. The Kier molecular flexibility index (Phi) is 9.03. The fourth-order valence-electron chi connectivity index (χ4n) is 4.35. The molecule has 0 bridgehead atoms. The summed E-state index contributed by atoms with van der Waals surface area (Å²) < 4.78 is 13.2. The predicted octanol–water partition coefficient (Wildman–Crippen LogP) is 4.35. The van der Waals surface area contributed by atoms with Gasteiger partial charge in [-0.2, -0.15) is 4.98 Å². The minimum atomic E-state index is -0.318. The van der Waals surface area contributed by atoms with Crippen LogP contribution in [0.1, 0.15) is 19.9 Å². The topological polar surface area (TPSA) is 123 Å². The Morgan fingerprint density at radius 2 is 1.85 bits per heavy atom. The standard InChI is InChI=1S/C29H37N9O3/c1-9-26(39)32-21-15-22(25(40-7)16-23(21)37(6)13-12-36(4)5)34-28-30-11-10-20(33-28)19-14-24-27(31-17-19)35-29(41-8)38(24)18(2)3/h9-11,14-18H,1,12-13H2,2-8H3,(H,32,39)(H,30,33,34).